The van der Waals surface area contributed by atoms with E-state index in [1.165, 1.54) is 12.5 Å². The zero-order valence-electron chi connectivity index (χ0n) is 25.3. The third-order valence-corrected chi connectivity index (χ3v) is 11.2. The van der Waals surface area contributed by atoms with Crippen LogP contribution >= 0.6 is 0 Å². The van der Waals surface area contributed by atoms with Crippen molar-refractivity contribution in [2.24, 2.45) is 28.1 Å². The second-order valence-corrected chi connectivity index (χ2v) is 13.7. The molecule has 0 aromatic carbocycles. The number of ketones is 1. The molecule has 11 heteroatoms. The number of rotatable bonds is 5. The zero-order valence-corrected chi connectivity index (χ0v) is 25.3. The lowest BCUT2D eigenvalue weighted by molar-refractivity contribution is -0.236. The molecule has 11 nitrogen and oxygen atoms in total. The Morgan fingerprint density at radius 1 is 1.19 bits per heavy atom. The van der Waals surface area contributed by atoms with Crippen molar-refractivity contribution in [2.45, 2.75) is 90.0 Å². The van der Waals surface area contributed by atoms with Crippen molar-refractivity contribution < 1.29 is 52.8 Å². The van der Waals surface area contributed by atoms with E-state index >= 15 is 0 Å². The number of cyclic esters (lactones) is 1. The summed E-state index contributed by atoms with van der Waals surface area (Å²) in [5.41, 5.74) is -6.04. The predicted molar refractivity (Wildman–Crippen MR) is 147 cm³/mol. The Balaban J connectivity index is 1.59. The van der Waals surface area contributed by atoms with Crippen LogP contribution < -0.4 is 0 Å². The molecule has 1 aromatic rings. The number of methoxy groups -OCH3 is 1. The van der Waals surface area contributed by atoms with Crippen molar-refractivity contribution in [3.8, 4) is 0 Å². The summed E-state index contributed by atoms with van der Waals surface area (Å²) in [6.07, 6.45) is 1.54. The molecule has 4 fully saturated rings. The number of carbonyl (C=O) groups excluding carboxylic acids is 4. The van der Waals surface area contributed by atoms with Crippen LogP contribution in [0.2, 0.25) is 0 Å². The second kappa shape index (κ2) is 9.12. The standard InChI is InChI=1S/C32H38O11/c1-8-15(2)23(35)42-26-28(3,4)21(20(34)24(36)39-7)30(6)17-9-11-29(5)18(32(17)27(43-32)31(26,38)25(30)37)13-19(33)41-22(29)16-10-12-40-14-16/h8-10,12,14,18,20-22,26-27,34,38H,11,13H2,1-7H3. The van der Waals surface area contributed by atoms with E-state index in [1.54, 1.807) is 46.8 Å². The van der Waals surface area contributed by atoms with Gasteiger partial charge in [0.15, 0.2) is 17.5 Å². The molecule has 10 unspecified atom stereocenters. The number of hydrogen-bond acceptors (Lipinski definition) is 11. The molecule has 5 aliphatic rings. The zero-order chi connectivity index (χ0) is 31.5. The molecule has 3 heterocycles. The molecule has 1 spiro atoms. The first-order valence-electron chi connectivity index (χ1n) is 14.5. The van der Waals surface area contributed by atoms with Crippen molar-refractivity contribution in [3.63, 3.8) is 0 Å². The van der Waals surface area contributed by atoms with Crippen molar-refractivity contribution in [1.29, 1.82) is 0 Å². The van der Waals surface area contributed by atoms with Crippen molar-refractivity contribution >= 4 is 23.7 Å². The first-order chi connectivity index (χ1) is 20.1. The van der Waals surface area contributed by atoms with Crippen LogP contribution in [0.3, 0.4) is 0 Å². The Hall–Kier alpha value is -3.28. The monoisotopic (exact) mass is 598 g/mol. The van der Waals surface area contributed by atoms with Gasteiger partial charge in [-0.1, -0.05) is 32.9 Å². The summed E-state index contributed by atoms with van der Waals surface area (Å²) in [5, 5.41) is 24.2. The van der Waals surface area contributed by atoms with Gasteiger partial charge in [0.25, 0.3) is 0 Å². The van der Waals surface area contributed by atoms with Crippen LogP contribution in [0, 0.1) is 28.1 Å². The topological polar surface area (TPSA) is 162 Å². The first-order valence-corrected chi connectivity index (χ1v) is 14.5. The van der Waals surface area contributed by atoms with Crippen molar-refractivity contribution in [2.75, 3.05) is 7.11 Å². The molecule has 2 saturated carbocycles. The fraction of sp³-hybridized carbons (Fsp3) is 0.625. The van der Waals surface area contributed by atoms with Gasteiger partial charge in [-0.2, -0.15) is 0 Å². The van der Waals surface area contributed by atoms with Crippen LogP contribution in [-0.4, -0.2) is 70.5 Å². The minimum atomic E-state index is -2.36. The highest BCUT2D eigenvalue weighted by Crippen LogP contribution is 2.77. The number of furan rings is 1. The van der Waals surface area contributed by atoms with E-state index in [2.05, 4.69) is 0 Å². The Labute approximate surface area is 249 Å². The molecular formula is C32H38O11. The molecule has 10 atom stereocenters. The third kappa shape index (κ3) is 3.47. The molecule has 0 amide bonds. The SMILES string of the molecule is CC=C(C)C(=O)OC1C(C)(C)C(C(O)C(=O)OC)C2(C)C(=O)C1(O)C1OC13C2=CCC1(C)C(c2ccoc2)OC(=O)CC13. The van der Waals surface area contributed by atoms with Gasteiger partial charge >= 0.3 is 17.9 Å². The van der Waals surface area contributed by atoms with E-state index < -0.39 is 87.4 Å². The van der Waals surface area contributed by atoms with Crippen LogP contribution in [0.1, 0.15) is 66.1 Å². The smallest absolute Gasteiger partial charge is 0.335 e. The van der Waals surface area contributed by atoms with E-state index in [1.807, 2.05) is 13.0 Å². The first kappa shape index (κ1) is 29.8. The highest BCUT2D eigenvalue weighted by molar-refractivity contribution is 6.02. The number of carbonyl (C=O) groups is 4. The fourth-order valence-corrected chi connectivity index (χ4v) is 9.23. The van der Waals surface area contributed by atoms with E-state index in [0.29, 0.717) is 17.6 Å². The number of aliphatic hydroxyl groups excluding tert-OH is 1. The molecule has 6 rings (SSSR count). The van der Waals surface area contributed by atoms with Gasteiger partial charge in [-0.25, -0.2) is 9.59 Å². The van der Waals surface area contributed by atoms with Gasteiger partial charge in [-0.15, -0.1) is 0 Å². The lowest BCUT2D eigenvalue weighted by atomic mass is 9.38. The molecule has 43 heavy (non-hydrogen) atoms. The van der Waals surface area contributed by atoms with Gasteiger partial charge in [-0.3, -0.25) is 9.59 Å². The van der Waals surface area contributed by atoms with Gasteiger partial charge in [0.1, 0.15) is 23.9 Å². The molecule has 2 saturated heterocycles. The number of allylic oxidation sites excluding steroid dienone is 2. The van der Waals surface area contributed by atoms with Gasteiger partial charge in [-0.05, 0) is 38.8 Å². The molecule has 2 aliphatic heterocycles. The van der Waals surface area contributed by atoms with Crippen molar-refractivity contribution in [1.82, 2.24) is 0 Å². The quantitative estimate of drug-likeness (QED) is 0.169. The van der Waals surface area contributed by atoms with E-state index in [9.17, 15) is 29.4 Å². The molecule has 1 aromatic heterocycles. The number of Topliss-reactive ketones (excluding diaryl/α,β-unsaturated/α-hetero) is 1. The average Bonchev–Trinajstić information content (AvgIpc) is 3.45. The van der Waals surface area contributed by atoms with Crippen LogP contribution in [0.5, 0.6) is 0 Å². The molecule has 0 radical (unpaired) electrons. The minimum absolute atomic E-state index is 0.0607. The highest BCUT2D eigenvalue weighted by Gasteiger charge is 2.89. The molecular weight excluding hydrogens is 560 g/mol. The van der Waals surface area contributed by atoms with Crippen LogP contribution in [-0.2, 0) is 38.1 Å². The molecule has 2 N–H and O–H groups in total. The Morgan fingerprint density at radius 3 is 2.49 bits per heavy atom. The second-order valence-electron chi connectivity index (χ2n) is 13.7. The number of aliphatic hydroxyl groups is 2. The van der Waals surface area contributed by atoms with E-state index in [4.69, 9.17) is 23.4 Å². The average molecular weight is 599 g/mol. The summed E-state index contributed by atoms with van der Waals surface area (Å²) in [7, 11) is 1.13. The maximum absolute atomic E-state index is 14.7. The Morgan fingerprint density at radius 2 is 1.88 bits per heavy atom. The number of ether oxygens (including phenoxy) is 4. The number of fused-ring (bicyclic) bond motifs is 5. The number of epoxide rings is 1. The number of esters is 3. The third-order valence-electron chi connectivity index (χ3n) is 11.2. The van der Waals surface area contributed by atoms with Crippen LogP contribution in [0.15, 0.2) is 46.3 Å². The normalized spacial score (nSPS) is 43.2. The highest BCUT2D eigenvalue weighted by atomic mass is 16.6. The molecule has 2 bridgehead atoms. The van der Waals surface area contributed by atoms with E-state index in [0.717, 1.165) is 7.11 Å². The summed E-state index contributed by atoms with van der Waals surface area (Å²) in [6, 6.07) is 1.73. The number of hydrogen-bond donors (Lipinski definition) is 2. The lowest BCUT2D eigenvalue weighted by Gasteiger charge is -2.64. The Kier molecular flexibility index (Phi) is 6.32. The van der Waals surface area contributed by atoms with Gasteiger partial charge < -0.3 is 33.6 Å². The molecule has 3 aliphatic carbocycles. The summed E-state index contributed by atoms with van der Waals surface area (Å²) in [5.74, 6) is -4.71. The fourth-order valence-electron chi connectivity index (χ4n) is 9.23. The van der Waals surface area contributed by atoms with Crippen LogP contribution in [0.25, 0.3) is 0 Å². The maximum atomic E-state index is 14.7. The van der Waals surface area contributed by atoms with Gasteiger partial charge in [0, 0.05) is 33.8 Å². The summed E-state index contributed by atoms with van der Waals surface area (Å²) < 4.78 is 28.5. The minimum Gasteiger partial charge on any atom is -0.472 e. The summed E-state index contributed by atoms with van der Waals surface area (Å²) >= 11 is 0. The Bertz CT molecular complexity index is 1470. The summed E-state index contributed by atoms with van der Waals surface area (Å²) in [4.78, 5) is 54.0. The lowest BCUT2D eigenvalue weighted by Crippen LogP contribution is -2.79. The van der Waals surface area contributed by atoms with Gasteiger partial charge in [0.05, 0.1) is 31.5 Å². The van der Waals surface area contributed by atoms with Gasteiger partial charge in [0.2, 0.25) is 0 Å². The summed E-state index contributed by atoms with van der Waals surface area (Å²) in [6.45, 7) is 10.1. The predicted octanol–water partition coefficient (Wildman–Crippen LogP) is 2.75. The molecule has 232 valence electrons. The van der Waals surface area contributed by atoms with Crippen molar-refractivity contribution in [3.05, 3.63) is 47.5 Å². The van der Waals surface area contributed by atoms with Crippen LogP contribution in [0.4, 0.5) is 0 Å². The largest absolute Gasteiger partial charge is 0.472 e. The maximum Gasteiger partial charge on any atom is 0.335 e. The van der Waals surface area contributed by atoms with E-state index in [-0.39, 0.29) is 12.0 Å².